The molecule has 0 spiro atoms. The van der Waals surface area contributed by atoms with E-state index in [0.717, 1.165) is 0 Å². The van der Waals surface area contributed by atoms with E-state index in [1.165, 1.54) is 18.3 Å². The van der Waals surface area contributed by atoms with Gasteiger partial charge >= 0.3 is 12.3 Å². The van der Waals surface area contributed by atoms with Crippen LogP contribution in [0.25, 0.3) is 0 Å². The molecule has 0 bridgehead atoms. The molecule has 0 saturated carbocycles. The van der Waals surface area contributed by atoms with E-state index in [4.69, 9.17) is 5.11 Å². The molecule has 1 aromatic heterocycles. The zero-order valence-corrected chi connectivity index (χ0v) is 9.36. The molecule has 0 fully saturated rings. The summed E-state index contributed by atoms with van der Waals surface area (Å²) >= 11 is 0. The largest absolute Gasteiger partial charge is 0.468 e. The minimum absolute atomic E-state index is 0.168. The van der Waals surface area contributed by atoms with Gasteiger partial charge in [0.2, 0.25) is 5.88 Å². The standard InChI is InChI=1S/C10H11F3N2O3/c1-6(15-9(16)17)7-2-3-8(14-4-7)18-5-10(11,12)13/h2-4,6,15H,5H2,1H3,(H,16,17). The Balaban J connectivity index is 2.60. The van der Waals surface area contributed by atoms with Gasteiger partial charge in [-0.15, -0.1) is 0 Å². The van der Waals surface area contributed by atoms with Crippen LogP contribution in [0, 0.1) is 0 Å². The number of carbonyl (C=O) groups is 1. The molecule has 0 aliphatic rings. The summed E-state index contributed by atoms with van der Waals surface area (Å²) in [6.07, 6.45) is -4.36. The third kappa shape index (κ3) is 4.89. The SMILES string of the molecule is CC(NC(=O)O)c1ccc(OCC(F)(F)F)nc1. The first-order valence-corrected chi connectivity index (χ1v) is 4.93. The van der Waals surface area contributed by atoms with Gasteiger partial charge in [-0.2, -0.15) is 13.2 Å². The van der Waals surface area contributed by atoms with E-state index in [9.17, 15) is 18.0 Å². The number of pyridine rings is 1. The van der Waals surface area contributed by atoms with Crippen LogP contribution in [-0.2, 0) is 0 Å². The molecule has 2 N–H and O–H groups in total. The molecule has 1 aromatic rings. The van der Waals surface area contributed by atoms with Crippen molar-refractivity contribution in [3.05, 3.63) is 23.9 Å². The fraction of sp³-hybridized carbons (Fsp3) is 0.400. The lowest BCUT2D eigenvalue weighted by Gasteiger charge is -2.12. The Hall–Kier alpha value is -1.99. The Morgan fingerprint density at radius 2 is 2.22 bits per heavy atom. The Morgan fingerprint density at radius 3 is 2.67 bits per heavy atom. The summed E-state index contributed by atoms with van der Waals surface area (Å²) in [4.78, 5) is 14.0. The van der Waals surface area contributed by atoms with Crippen LogP contribution in [-0.4, -0.2) is 29.0 Å². The topological polar surface area (TPSA) is 71.5 Å². The first-order chi connectivity index (χ1) is 8.28. The van der Waals surface area contributed by atoms with Crippen LogP contribution in [0.5, 0.6) is 5.88 Å². The summed E-state index contributed by atoms with van der Waals surface area (Å²) in [5.41, 5.74) is 0.525. The van der Waals surface area contributed by atoms with Crippen LogP contribution in [0.3, 0.4) is 0 Å². The average Bonchev–Trinajstić information content (AvgIpc) is 2.25. The van der Waals surface area contributed by atoms with Crippen molar-refractivity contribution in [2.24, 2.45) is 0 Å². The zero-order valence-electron chi connectivity index (χ0n) is 9.36. The highest BCUT2D eigenvalue weighted by atomic mass is 19.4. The van der Waals surface area contributed by atoms with Crippen LogP contribution >= 0.6 is 0 Å². The normalized spacial score (nSPS) is 12.9. The van der Waals surface area contributed by atoms with Crippen molar-refractivity contribution < 1.29 is 27.8 Å². The van der Waals surface area contributed by atoms with E-state index in [1.54, 1.807) is 6.92 Å². The van der Waals surface area contributed by atoms with E-state index in [-0.39, 0.29) is 5.88 Å². The Kier molecular flexibility index (Phi) is 4.35. The number of hydrogen-bond acceptors (Lipinski definition) is 3. The van der Waals surface area contributed by atoms with E-state index >= 15 is 0 Å². The molecule has 0 aromatic carbocycles. The number of nitrogens with zero attached hydrogens (tertiary/aromatic N) is 1. The van der Waals surface area contributed by atoms with Crippen LogP contribution in [0.2, 0.25) is 0 Å². The van der Waals surface area contributed by atoms with Crippen molar-refractivity contribution in [1.29, 1.82) is 0 Å². The minimum atomic E-state index is -4.42. The summed E-state index contributed by atoms with van der Waals surface area (Å²) in [5.74, 6) is -0.168. The zero-order chi connectivity index (χ0) is 13.8. The molecular formula is C10H11F3N2O3. The summed E-state index contributed by atoms with van der Waals surface area (Å²) < 4.78 is 40.0. The fourth-order valence-corrected chi connectivity index (χ4v) is 1.16. The van der Waals surface area contributed by atoms with Gasteiger partial charge in [0, 0.05) is 12.3 Å². The molecule has 0 radical (unpaired) electrons. The lowest BCUT2D eigenvalue weighted by atomic mass is 10.1. The first kappa shape index (κ1) is 14.1. The monoisotopic (exact) mass is 264 g/mol. The fourth-order valence-electron chi connectivity index (χ4n) is 1.16. The third-order valence-electron chi connectivity index (χ3n) is 1.98. The van der Waals surface area contributed by atoms with Crippen molar-refractivity contribution in [3.8, 4) is 5.88 Å². The molecule has 1 heterocycles. The van der Waals surface area contributed by atoms with E-state index in [0.29, 0.717) is 5.56 Å². The van der Waals surface area contributed by atoms with Gasteiger partial charge in [0.05, 0.1) is 6.04 Å². The van der Waals surface area contributed by atoms with Crippen molar-refractivity contribution >= 4 is 6.09 Å². The molecule has 5 nitrogen and oxygen atoms in total. The number of hydrogen-bond donors (Lipinski definition) is 2. The lowest BCUT2D eigenvalue weighted by Crippen LogP contribution is -2.24. The molecule has 8 heteroatoms. The van der Waals surface area contributed by atoms with Crippen LogP contribution in [0.4, 0.5) is 18.0 Å². The van der Waals surface area contributed by atoms with Crippen LogP contribution in [0.15, 0.2) is 18.3 Å². The van der Waals surface area contributed by atoms with Crippen molar-refractivity contribution in [1.82, 2.24) is 10.3 Å². The molecule has 1 atom stereocenters. The van der Waals surface area contributed by atoms with Crippen LogP contribution in [0.1, 0.15) is 18.5 Å². The molecule has 1 amide bonds. The number of carboxylic acid groups (broad SMARTS) is 1. The lowest BCUT2D eigenvalue weighted by molar-refractivity contribution is -0.154. The van der Waals surface area contributed by atoms with Gasteiger partial charge in [-0.1, -0.05) is 6.07 Å². The molecule has 1 rings (SSSR count). The Morgan fingerprint density at radius 1 is 1.56 bits per heavy atom. The third-order valence-corrected chi connectivity index (χ3v) is 1.98. The summed E-state index contributed by atoms with van der Waals surface area (Å²) in [5, 5.41) is 10.7. The molecule has 18 heavy (non-hydrogen) atoms. The summed E-state index contributed by atoms with van der Waals surface area (Å²) in [6.45, 7) is 0.170. The number of ether oxygens (including phenoxy) is 1. The molecule has 0 aliphatic carbocycles. The number of rotatable bonds is 4. The molecule has 1 unspecified atom stereocenters. The predicted molar refractivity (Wildman–Crippen MR) is 55.4 cm³/mol. The number of nitrogens with one attached hydrogen (secondary N) is 1. The number of amides is 1. The van der Waals surface area contributed by atoms with Gasteiger partial charge in [0.1, 0.15) is 0 Å². The number of aromatic nitrogens is 1. The van der Waals surface area contributed by atoms with Crippen molar-refractivity contribution in [3.63, 3.8) is 0 Å². The number of halogens is 3. The van der Waals surface area contributed by atoms with Gasteiger partial charge < -0.3 is 15.2 Å². The van der Waals surface area contributed by atoms with E-state index in [2.05, 4.69) is 15.0 Å². The van der Waals surface area contributed by atoms with Gasteiger partial charge in [0.15, 0.2) is 6.61 Å². The highest BCUT2D eigenvalue weighted by Crippen LogP contribution is 2.18. The second kappa shape index (κ2) is 5.56. The first-order valence-electron chi connectivity index (χ1n) is 4.93. The Bertz CT molecular complexity index is 406. The van der Waals surface area contributed by atoms with Gasteiger partial charge in [-0.25, -0.2) is 9.78 Å². The maximum Gasteiger partial charge on any atom is 0.422 e. The average molecular weight is 264 g/mol. The van der Waals surface area contributed by atoms with Gasteiger partial charge in [-0.05, 0) is 12.5 Å². The summed E-state index contributed by atoms with van der Waals surface area (Å²) in [7, 11) is 0. The molecule has 0 aliphatic heterocycles. The molecule has 100 valence electrons. The van der Waals surface area contributed by atoms with E-state index < -0.39 is 24.9 Å². The minimum Gasteiger partial charge on any atom is -0.468 e. The second-order valence-corrected chi connectivity index (χ2v) is 3.50. The van der Waals surface area contributed by atoms with E-state index in [1.807, 2.05) is 0 Å². The number of alkyl halides is 3. The van der Waals surface area contributed by atoms with Crippen LogP contribution < -0.4 is 10.1 Å². The second-order valence-electron chi connectivity index (χ2n) is 3.50. The maximum atomic E-state index is 11.9. The van der Waals surface area contributed by atoms with Gasteiger partial charge in [0.25, 0.3) is 0 Å². The molecule has 0 saturated heterocycles. The van der Waals surface area contributed by atoms with Crippen molar-refractivity contribution in [2.75, 3.05) is 6.61 Å². The highest BCUT2D eigenvalue weighted by Gasteiger charge is 2.28. The maximum absolute atomic E-state index is 11.9. The van der Waals surface area contributed by atoms with Gasteiger partial charge in [-0.3, -0.25) is 0 Å². The summed E-state index contributed by atoms with van der Waals surface area (Å²) in [6, 6.07) is 2.19. The smallest absolute Gasteiger partial charge is 0.422 e. The quantitative estimate of drug-likeness (QED) is 0.875. The Labute approximate surface area is 101 Å². The van der Waals surface area contributed by atoms with Crippen molar-refractivity contribution in [2.45, 2.75) is 19.1 Å². The highest BCUT2D eigenvalue weighted by molar-refractivity contribution is 5.65. The predicted octanol–water partition coefficient (Wildman–Crippen LogP) is 2.35. The molecular weight excluding hydrogens is 253 g/mol.